The fourth-order valence-electron chi connectivity index (χ4n) is 2.14. The molecule has 0 spiro atoms. The van der Waals surface area contributed by atoms with Gasteiger partial charge in [-0.05, 0) is 32.9 Å². The van der Waals surface area contributed by atoms with Crippen LogP contribution in [0.15, 0.2) is 36.7 Å². The number of nitrogens with zero attached hydrogens (tertiary/aromatic N) is 2. The summed E-state index contributed by atoms with van der Waals surface area (Å²) in [5.41, 5.74) is 2.98. The second-order valence-corrected chi connectivity index (χ2v) is 4.66. The number of hydrogen-bond donors (Lipinski definition) is 1. The minimum Gasteiger partial charge on any atom is -0.462 e. The molecule has 1 atom stereocenters. The van der Waals surface area contributed by atoms with Gasteiger partial charge in [0.05, 0.1) is 29.6 Å². The van der Waals surface area contributed by atoms with Gasteiger partial charge in [0, 0.05) is 18.1 Å². The molecule has 0 amide bonds. The quantitative estimate of drug-likeness (QED) is 0.855. The lowest BCUT2D eigenvalue weighted by atomic mass is 10.1. The Morgan fingerprint density at radius 2 is 2.00 bits per heavy atom. The number of carbonyl (C=O) groups is 1. The van der Waals surface area contributed by atoms with Gasteiger partial charge in [0.15, 0.2) is 0 Å². The Morgan fingerprint density at radius 1 is 1.29 bits per heavy atom. The Bertz CT molecular complexity index is 628. The number of anilines is 1. The molecule has 0 fully saturated rings. The fraction of sp³-hybridized carbons (Fsp3) is 0.312. The molecule has 1 aromatic heterocycles. The molecule has 1 N–H and O–H groups in total. The predicted molar refractivity (Wildman–Crippen MR) is 81.2 cm³/mol. The molecule has 0 aliphatic rings. The van der Waals surface area contributed by atoms with Gasteiger partial charge in [-0.1, -0.05) is 12.1 Å². The summed E-state index contributed by atoms with van der Waals surface area (Å²) in [6, 6.07) is 7.23. The number of hydrogen-bond acceptors (Lipinski definition) is 5. The van der Waals surface area contributed by atoms with Crippen molar-refractivity contribution >= 4 is 11.7 Å². The summed E-state index contributed by atoms with van der Waals surface area (Å²) >= 11 is 0. The number of aromatic nitrogens is 2. The van der Waals surface area contributed by atoms with Crippen LogP contribution in [0.5, 0.6) is 0 Å². The number of ether oxygens (including phenoxy) is 1. The van der Waals surface area contributed by atoms with Gasteiger partial charge < -0.3 is 10.1 Å². The van der Waals surface area contributed by atoms with E-state index in [1.165, 1.54) is 0 Å². The van der Waals surface area contributed by atoms with E-state index in [0.29, 0.717) is 12.2 Å². The Balaban J connectivity index is 2.24. The normalized spacial score (nSPS) is 11.8. The summed E-state index contributed by atoms with van der Waals surface area (Å²) in [4.78, 5) is 20.5. The fourth-order valence-corrected chi connectivity index (χ4v) is 2.14. The van der Waals surface area contributed by atoms with Gasteiger partial charge in [-0.15, -0.1) is 0 Å². The van der Waals surface area contributed by atoms with Gasteiger partial charge in [0.1, 0.15) is 0 Å². The molecule has 2 rings (SSSR count). The first-order valence-electron chi connectivity index (χ1n) is 6.93. The van der Waals surface area contributed by atoms with Crippen LogP contribution >= 0.6 is 0 Å². The van der Waals surface area contributed by atoms with E-state index in [1.54, 1.807) is 25.4 Å². The third-order valence-corrected chi connectivity index (χ3v) is 3.12. The maximum Gasteiger partial charge on any atom is 0.340 e. The van der Waals surface area contributed by atoms with Crippen molar-refractivity contribution in [3.63, 3.8) is 0 Å². The second kappa shape index (κ2) is 6.83. The third-order valence-electron chi connectivity index (χ3n) is 3.12. The van der Waals surface area contributed by atoms with E-state index in [9.17, 15) is 4.79 Å². The summed E-state index contributed by atoms with van der Waals surface area (Å²) in [5.74, 6) is -0.330. The van der Waals surface area contributed by atoms with Crippen LogP contribution in [0, 0.1) is 6.92 Å². The van der Waals surface area contributed by atoms with Gasteiger partial charge in [-0.3, -0.25) is 9.97 Å². The molecule has 1 aromatic carbocycles. The molecule has 110 valence electrons. The first-order valence-corrected chi connectivity index (χ1v) is 6.93. The smallest absolute Gasteiger partial charge is 0.340 e. The van der Waals surface area contributed by atoms with Crippen molar-refractivity contribution in [1.82, 2.24) is 9.97 Å². The zero-order valence-electron chi connectivity index (χ0n) is 12.5. The average Bonchev–Trinajstić information content (AvgIpc) is 2.48. The summed E-state index contributed by atoms with van der Waals surface area (Å²) < 4.78 is 5.07. The maximum absolute atomic E-state index is 12.0. The van der Waals surface area contributed by atoms with E-state index >= 15 is 0 Å². The molecule has 0 saturated heterocycles. The molecule has 0 radical (unpaired) electrons. The monoisotopic (exact) mass is 285 g/mol. The third kappa shape index (κ3) is 3.56. The first kappa shape index (κ1) is 15.0. The van der Waals surface area contributed by atoms with Gasteiger partial charge in [-0.2, -0.15) is 0 Å². The number of benzene rings is 1. The van der Waals surface area contributed by atoms with Crippen molar-refractivity contribution in [2.75, 3.05) is 11.9 Å². The first-order chi connectivity index (χ1) is 10.1. The number of nitrogens with one attached hydrogen (secondary N) is 1. The van der Waals surface area contributed by atoms with Crippen molar-refractivity contribution in [3.8, 4) is 0 Å². The van der Waals surface area contributed by atoms with E-state index in [0.717, 1.165) is 17.1 Å². The molecule has 2 aromatic rings. The van der Waals surface area contributed by atoms with Crippen LogP contribution in [0.3, 0.4) is 0 Å². The van der Waals surface area contributed by atoms with E-state index in [-0.39, 0.29) is 12.0 Å². The number of aryl methyl sites for hydroxylation is 1. The lowest BCUT2D eigenvalue weighted by Gasteiger charge is -2.18. The lowest BCUT2D eigenvalue weighted by Crippen LogP contribution is -2.14. The summed E-state index contributed by atoms with van der Waals surface area (Å²) in [5, 5.41) is 3.30. The van der Waals surface area contributed by atoms with Crippen molar-refractivity contribution in [3.05, 3.63) is 53.6 Å². The van der Waals surface area contributed by atoms with Crippen LogP contribution in [0.1, 0.15) is 41.6 Å². The van der Waals surface area contributed by atoms with Crippen molar-refractivity contribution in [2.45, 2.75) is 26.8 Å². The maximum atomic E-state index is 12.0. The highest BCUT2D eigenvalue weighted by Gasteiger charge is 2.16. The highest BCUT2D eigenvalue weighted by molar-refractivity contribution is 5.95. The van der Waals surface area contributed by atoms with E-state index in [2.05, 4.69) is 15.3 Å². The van der Waals surface area contributed by atoms with Crippen molar-refractivity contribution < 1.29 is 9.53 Å². The molecule has 5 heteroatoms. The van der Waals surface area contributed by atoms with Gasteiger partial charge in [0.25, 0.3) is 0 Å². The van der Waals surface area contributed by atoms with E-state index in [1.807, 2.05) is 32.0 Å². The minimum atomic E-state index is -0.330. The van der Waals surface area contributed by atoms with Gasteiger partial charge in [-0.25, -0.2) is 4.79 Å². The molecule has 21 heavy (non-hydrogen) atoms. The molecular weight excluding hydrogens is 266 g/mol. The van der Waals surface area contributed by atoms with Crippen LogP contribution in [0.4, 0.5) is 5.69 Å². The highest BCUT2D eigenvalue weighted by Crippen LogP contribution is 2.23. The molecular formula is C16H19N3O2. The van der Waals surface area contributed by atoms with Crippen molar-refractivity contribution in [2.24, 2.45) is 0 Å². The second-order valence-electron chi connectivity index (χ2n) is 4.66. The van der Waals surface area contributed by atoms with Crippen LogP contribution in [-0.4, -0.2) is 22.5 Å². The molecule has 0 aliphatic heterocycles. The summed E-state index contributed by atoms with van der Waals surface area (Å²) in [6.07, 6.45) is 3.33. The summed E-state index contributed by atoms with van der Waals surface area (Å²) in [6.45, 7) is 6.04. The average molecular weight is 285 g/mol. The molecule has 0 bridgehead atoms. The Labute approximate surface area is 124 Å². The zero-order chi connectivity index (χ0) is 15.2. The number of para-hydroxylation sites is 1. The Kier molecular flexibility index (Phi) is 4.87. The van der Waals surface area contributed by atoms with Crippen LogP contribution in [0.2, 0.25) is 0 Å². The van der Waals surface area contributed by atoms with Crippen LogP contribution in [0.25, 0.3) is 0 Å². The summed E-state index contributed by atoms with van der Waals surface area (Å²) in [7, 11) is 0. The molecule has 0 aliphatic carbocycles. The standard InChI is InChI=1S/C16H19N3O2/c1-4-21-16(20)13-7-5-6-8-14(13)19-12(3)15-11(2)17-9-10-18-15/h5-10,12,19H,4H2,1-3H3. The van der Waals surface area contributed by atoms with Crippen LogP contribution < -0.4 is 5.32 Å². The minimum absolute atomic E-state index is 0.0609. The van der Waals surface area contributed by atoms with Crippen molar-refractivity contribution in [1.29, 1.82) is 0 Å². The SMILES string of the molecule is CCOC(=O)c1ccccc1NC(C)c1nccnc1C. The van der Waals surface area contributed by atoms with Crippen LogP contribution in [-0.2, 0) is 4.74 Å². The lowest BCUT2D eigenvalue weighted by molar-refractivity contribution is 0.0527. The number of rotatable bonds is 5. The highest BCUT2D eigenvalue weighted by atomic mass is 16.5. The number of carbonyl (C=O) groups excluding carboxylic acids is 1. The molecule has 1 heterocycles. The number of esters is 1. The Hall–Kier alpha value is -2.43. The van der Waals surface area contributed by atoms with Gasteiger partial charge >= 0.3 is 5.97 Å². The topological polar surface area (TPSA) is 64.1 Å². The Morgan fingerprint density at radius 3 is 2.71 bits per heavy atom. The molecule has 1 unspecified atom stereocenters. The van der Waals surface area contributed by atoms with E-state index in [4.69, 9.17) is 4.74 Å². The largest absolute Gasteiger partial charge is 0.462 e. The predicted octanol–water partition coefficient (Wildman–Crippen LogP) is 3.13. The van der Waals surface area contributed by atoms with E-state index < -0.39 is 0 Å². The zero-order valence-corrected chi connectivity index (χ0v) is 12.5. The molecule has 0 saturated carbocycles. The van der Waals surface area contributed by atoms with Gasteiger partial charge in [0.2, 0.25) is 0 Å². The molecule has 5 nitrogen and oxygen atoms in total.